The summed E-state index contributed by atoms with van der Waals surface area (Å²) in [6, 6.07) is 28.2. The second kappa shape index (κ2) is 10.3. The van der Waals surface area contributed by atoms with Crippen LogP contribution in [0.5, 0.6) is 0 Å². The molecule has 4 heteroatoms. The van der Waals surface area contributed by atoms with Crippen LogP contribution in [0.1, 0.15) is 22.5 Å². The van der Waals surface area contributed by atoms with E-state index in [0.717, 1.165) is 45.0 Å². The molecule has 0 N–H and O–H groups in total. The Morgan fingerprint density at radius 3 is 1.18 bits per heavy atom. The molecule has 0 unspecified atom stereocenters. The number of pyridine rings is 2. The molecule has 0 aliphatic heterocycles. The molecule has 5 aromatic rings. The van der Waals surface area contributed by atoms with Gasteiger partial charge in [0.25, 0.3) is 0 Å². The number of hydrogen-bond acceptors (Lipinski definition) is 4. The van der Waals surface area contributed by atoms with E-state index in [0.29, 0.717) is 0 Å². The Morgan fingerprint density at radius 2 is 0.794 bits per heavy atom. The first-order chi connectivity index (χ1) is 16.9. The van der Waals surface area contributed by atoms with Gasteiger partial charge in [-0.3, -0.25) is 9.97 Å². The summed E-state index contributed by atoms with van der Waals surface area (Å²) < 4.78 is 0. The maximum atomic E-state index is 5.12. The summed E-state index contributed by atoms with van der Waals surface area (Å²) in [6.45, 7) is 0. The first-order valence-electron chi connectivity index (χ1n) is 11.1. The van der Waals surface area contributed by atoms with Crippen molar-refractivity contribution in [2.24, 2.45) is 0 Å². The van der Waals surface area contributed by atoms with E-state index in [-0.39, 0.29) is 0 Å². The normalized spacial score (nSPS) is 11.3. The minimum absolute atomic E-state index is 0.808. The van der Waals surface area contributed by atoms with Crippen molar-refractivity contribution in [3.8, 4) is 22.5 Å². The van der Waals surface area contributed by atoms with Crippen molar-refractivity contribution in [2.45, 2.75) is 0 Å². The van der Waals surface area contributed by atoms with Crippen molar-refractivity contribution in [1.82, 2.24) is 19.9 Å². The van der Waals surface area contributed by atoms with Crippen molar-refractivity contribution in [1.29, 1.82) is 0 Å². The highest BCUT2D eigenvalue weighted by Crippen LogP contribution is 2.29. The van der Waals surface area contributed by atoms with Crippen LogP contribution in [0.15, 0.2) is 110 Å². The lowest BCUT2D eigenvalue weighted by molar-refractivity contribution is 1.17. The second-order valence-electron chi connectivity index (χ2n) is 7.65. The predicted molar refractivity (Wildman–Crippen MR) is 139 cm³/mol. The SMILES string of the molecule is C(=C\c1nc(-c2ccccc2)c(/C=C/c2ccncc2)nc1-c1ccccc1)/c1ccncc1. The van der Waals surface area contributed by atoms with E-state index in [2.05, 4.69) is 34.2 Å². The molecule has 34 heavy (non-hydrogen) atoms. The molecule has 0 saturated carbocycles. The van der Waals surface area contributed by atoms with E-state index < -0.39 is 0 Å². The highest BCUT2D eigenvalue weighted by atomic mass is 14.8. The van der Waals surface area contributed by atoms with Gasteiger partial charge in [-0.05, 0) is 47.5 Å². The Bertz CT molecular complexity index is 1300. The average Bonchev–Trinajstić information content (AvgIpc) is 2.93. The van der Waals surface area contributed by atoms with Crippen molar-refractivity contribution in [3.05, 3.63) is 132 Å². The third-order valence-corrected chi connectivity index (χ3v) is 5.32. The lowest BCUT2D eigenvalue weighted by atomic mass is 10.0. The van der Waals surface area contributed by atoms with Crippen molar-refractivity contribution >= 4 is 24.3 Å². The summed E-state index contributed by atoms with van der Waals surface area (Å²) in [5.74, 6) is 0. The Hall–Kier alpha value is -4.70. The predicted octanol–water partition coefficient (Wildman–Crippen LogP) is 6.94. The summed E-state index contributed by atoms with van der Waals surface area (Å²) in [5, 5.41) is 0. The number of benzene rings is 2. The smallest absolute Gasteiger partial charge is 0.0966 e. The van der Waals surface area contributed by atoms with Gasteiger partial charge in [-0.1, -0.05) is 72.8 Å². The number of rotatable bonds is 6. The molecule has 2 aromatic carbocycles. The van der Waals surface area contributed by atoms with E-state index in [4.69, 9.17) is 9.97 Å². The molecule has 0 spiro atoms. The fourth-order valence-corrected chi connectivity index (χ4v) is 3.61. The maximum Gasteiger partial charge on any atom is 0.0966 e. The first kappa shape index (κ1) is 21.2. The number of aromatic nitrogens is 4. The molecule has 0 atom stereocenters. The Balaban J connectivity index is 1.69. The molecule has 4 nitrogen and oxygen atoms in total. The molecule has 0 saturated heterocycles. The van der Waals surface area contributed by atoms with Crippen LogP contribution in [0.25, 0.3) is 46.8 Å². The van der Waals surface area contributed by atoms with Gasteiger partial charge in [-0.15, -0.1) is 0 Å². The third-order valence-electron chi connectivity index (χ3n) is 5.32. The van der Waals surface area contributed by atoms with E-state index >= 15 is 0 Å². The lowest BCUT2D eigenvalue weighted by Gasteiger charge is -2.12. The van der Waals surface area contributed by atoms with E-state index in [1.807, 2.05) is 85.0 Å². The monoisotopic (exact) mass is 438 g/mol. The van der Waals surface area contributed by atoms with Crippen molar-refractivity contribution in [3.63, 3.8) is 0 Å². The topological polar surface area (TPSA) is 51.6 Å². The largest absolute Gasteiger partial charge is 0.265 e. The average molecular weight is 439 g/mol. The maximum absolute atomic E-state index is 5.12. The molecule has 0 aliphatic carbocycles. The van der Waals surface area contributed by atoms with Gasteiger partial charge in [0.05, 0.1) is 22.8 Å². The second-order valence-corrected chi connectivity index (χ2v) is 7.65. The molecule has 162 valence electrons. The van der Waals surface area contributed by atoms with Crippen LogP contribution < -0.4 is 0 Å². The van der Waals surface area contributed by atoms with Crippen LogP contribution in [0.4, 0.5) is 0 Å². The lowest BCUT2D eigenvalue weighted by Crippen LogP contribution is -2.00. The molecule has 0 amide bonds. The third kappa shape index (κ3) is 5.03. The standard InChI is InChI=1S/C30H22N4/c1-3-7-25(8-4-1)29-27(13-11-23-15-19-31-20-16-23)34-30(26-9-5-2-6-10-26)28(33-29)14-12-24-17-21-32-22-18-24/h1-22H/b13-11+,14-12+. The van der Waals surface area contributed by atoms with E-state index in [1.54, 1.807) is 24.8 Å². The molecule has 3 heterocycles. The fourth-order valence-electron chi connectivity index (χ4n) is 3.61. The zero-order valence-corrected chi connectivity index (χ0v) is 18.5. The van der Waals surface area contributed by atoms with Crippen LogP contribution in [0.3, 0.4) is 0 Å². The molecule has 0 fully saturated rings. The van der Waals surface area contributed by atoms with Gasteiger partial charge in [0.1, 0.15) is 0 Å². The molecule has 0 bridgehead atoms. The zero-order valence-electron chi connectivity index (χ0n) is 18.5. The van der Waals surface area contributed by atoms with E-state index in [9.17, 15) is 0 Å². The Morgan fingerprint density at radius 1 is 0.412 bits per heavy atom. The Labute approximate surface area is 199 Å². The van der Waals surface area contributed by atoms with Gasteiger partial charge >= 0.3 is 0 Å². The fraction of sp³-hybridized carbons (Fsp3) is 0. The van der Waals surface area contributed by atoms with Crippen LogP contribution >= 0.6 is 0 Å². The van der Waals surface area contributed by atoms with Gasteiger partial charge in [-0.2, -0.15) is 0 Å². The van der Waals surface area contributed by atoms with Gasteiger partial charge in [0, 0.05) is 35.9 Å². The van der Waals surface area contributed by atoms with E-state index in [1.165, 1.54) is 0 Å². The first-order valence-corrected chi connectivity index (χ1v) is 11.1. The van der Waals surface area contributed by atoms with Crippen molar-refractivity contribution < 1.29 is 0 Å². The number of nitrogens with zero attached hydrogens (tertiary/aromatic N) is 4. The summed E-state index contributed by atoms with van der Waals surface area (Å²) in [6.07, 6.45) is 15.3. The molecular formula is C30H22N4. The van der Waals surface area contributed by atoms with Gasteiger partial charge < -0.3 is 0 Å². The van der Waals surface area contributed by atoms with Crippen molar-refractivity contribution in [2.75, 3.05) is 0 Å². The van der Waals surface area contributed by atoms with Crippen LogP contribution in [0, 0.1) is 0 Å². The minimum atomic E-state index is 0.808. The molecular weight excluding hydrogens is 416 g/mol. The van der Waals surface area contributed by atoms with Crippen LogP contribution in [-0.2, 0) is 0 Å². The van der Waals surface area contributed by atoms with Gasteiger partial charge in [0.2, 0.25) is 0 Å². The quantitative estimate of drug-likeness (QED) is 0.288. The van der Waals surface area contributed by atoms with Gasteiger partial charge in [0.15, 0.2) is 0 Å². The highest BCUT2D eigenvalue weighted by Gasteiger charge is 2.14. The summed E-state index contributed by atoms with van der Waals surface area (Å²) in [5.41, 5.74) is 7.42. The Kier molecular flexibility index (Phi) is 6.40. The number of hydrogen-bond donors (Lipinski definition) is 0. The van der Waals surface area contributed by atoms with Crippen LogP contribution in [0.2, 0.25) is 0 Å². The molecule has 0 aliphatic rings. The summed E-state index contributed by atoms with van der Waals surface area (Å²) >= 11 is 0. The summed E-state index contributed by atoms with van der Waals surface area (Å²) in [7, 11) is 0. The molecule has 3 aromatic heterocycles. The molecule has 5 rings (SSSR count). The highest BCUT2D eigenvalue weighted by molar-refractivity contribution is 5.83. The van der Waals surface area contributed by atoms with Crippen LogP contribution in [-0.4, -0.2) is 19.9 Å². The zero-order chi connectivity index (χ0) is 23.0. The minimum Gasteiger partial charge on any atom is -0.265 e. The van der Waals surface area contributed by atoms with Gasteiger partial charge in [-0.25, -0.2) is 9.97 Å². The summed E-state index contributed by atoms with van der Waals surface area (Å²) in [4.78, 5) is 18.4. The molecule has 0 radical (unpaired) electrons.